The van der Waals surface area contributed by atoms with Gasteiger partial charge in [-0.15, -0.1) is 22.7 Å². The first-order valence-corrected chi connectivity index (χ1v) is 12.2. The van der Waals surface area contributed by atoms with E-state index in [1.807, 2.05) is 31.4 Å². The van der Waals surface area contributed by atoms with Gasteiger partial charge < -0.3 is 19.4 Å². The standard InChI is InChI=1S/C23H23N3O4S2/c1-13-3-4-17(30-13)23(28)25-15-5-8-26(9-6-15)20(27)12-29-18-11-19-21(24-14(2)32-19)22-16(18)7-10-31-22/h3-4,7,10-11,15H,5-6,8-9,12H2,1-2H3,(H,25,28). The first-order chi connectivity index (χ1) is 15.5. The number of benzene rings is 1. The number of thiazole rings is 1. The molecule has 0 saturated carbocycles. The summed E-state index contributed by atoms with van der Waals surface area (Å²) >= 11 is 3.27. The van der Waals surface area contributed by atoms with Gasteiger partial charge >= 0.3 is 0 Å². The summed E-state index contributed by atoms with van der Waals surface area (Å²) in [5, 5.41) is 7.03. The highest BCUT2D eigenvalue weighted by Crippen LogP contribution is 2.38. The number of amides is 2. The zero-order valence-corrected chi connectivity index (χ0v) is 19.5. The van der Waals surface area contributed by atoms with Gasteiger partial charge in [-0.1, -0.05) is 0 Å². The van der Waals surface area contributed by atoms with E-state index in [1.54, 1.807) is 39.7 Å². The Balaban J connectivity index is 1.18. The molecule has 1 fully saturated rings. The molecule has 0 unspecified atom stereocenters. The largest absolute Gasteiger partial charge is 0.483 e. The van der Waals surface area contributed by atoms with Crippen LogP contribution in [0.2, 0.25) is 0 Å². The van der Waals surface area contributed by atoms with Crippen LogP contribution in [-0.4, -0.2) is 47.4 Å². The van der Waals surface area contributed by atoms with Crippen molar-refractivity contribution in [1.82, 2.24) is 15.2 Å². The van der Waals surface area contributed by atoms with E-state index in [9.17, 15) is 9.59 Å². The van der Waals surface area contributed by atoms with Crippen molar-refractivity contribution in [2.45, 2.75) is 32.7 Å². The second kappa shape index (κ2) is 8.55. The molecule has 1 aliphatic rings. The number of fused-ring (bicyclic) bond motifs is 3. The van der Waals surface area contributed by atoms with E-state index in [-0.39, 0.29) is 24.5 Å². The number of carbonyl (C=O) groups excluding carboxylic acids is 2. The highest BCUT2D eigenvalue weighted by Gasteiger charge is 2.25. The highest BCUT2D eigenvalue weighted by atomic mass is 32.1. The molecule has 3 aromatic heterocycles. The van der Waals surface area contributed by atoms with Crippen LogP contribution in [0.15, 0.2) is 34.1 Å². The Morgan fingerprint density at radius 3 is 2.81 bits per heavy atom. The first kappa shape index (κ1) is 21.0. The number of hydrogen-bond acceptors (Lipinski definition) is 7. The lowest BCUT2D eigenvalue weighted by Crippen LogP contribution is -2.47. The molecule has 0 spiro atoms. The number of furan rings is 1. The zero-order valence-electron chi connectivity index (χ0n) is 17.8. The summed E-state index contributed by atoms with van der Waals surface area (Å²) in [6.45, 7) is 4.98. The molecule has 1 aliphatic heterocycles. The number of ether oxygens (including phenoxy) is 1. The predicted molar refractivity (Wildman–Crippen MR) is 126 cm³/mol. The van der Waals surface area contributed by atoms with Gasteiger partial charge in [-0.05, 0) is 50.3 Å². The molecule has 4 heterocycles. The normalized spacial score (nSPS) is 14.9. The van der Waals surface area contributed by atoms with E-state index < -0.39 is 0 Å². The quantitative estimate of drug-likeness (QED) is 0.465. The van der Waals surface area contributed by atoms with Crippen molar-refractivity contribution in [3.05, 3.63) is 46.2 Å². The van der Waals surface area contributed by atoms with E-state index >= 15 is 0 Å². The molecule has 0 aliphatic carbocycles. The summed E-state index contributed by atoms with van der Waals surface area (Å²) in [7, 11) is 0. The fourth-order valence-corrected chi connectivity index (χ4v) is 5.86. The van der Waals surface area contributed by atoms with Gasteiger partial charge in [0.15, 0.2) is 12.4 Å². The molecule has 5 rings (SSSR count). The number of hydrogen-bond donors (Lipinski definition) is 1. The number of aromatic nitrogens is 1. The van der Waals surface area contributed by atoms with E-state index in [2.05, 4.69) is 10.3 Å². The van der Waals surface area contributed by atoms with Crippen molar-refractivity contribution in [2.75, 3.05) is 19.7 Å². The van der Waals surface area contributed by atoms with Gasteiger partial charge in [-0.2, -0.15) is 0 Å². The molecule has 0 radical (unpaired) electrons. The minimum Gasteiger partial charge on any atom is -0.483 e. The average molecular weight is 470 g/mol. The Morgan fingerprint density at radius 1 is 1.25 bits per heavy atom. The van der Waals surface area contributed by atoms with Crippen molar-refractivity contribution < 1.29 is 18.7 Å². The van der Waals surface area contributed by atoms with Crippen LogP contribution in [0.1, 0.15) is 34.2 Å². The Bertz CT molecular complexity index is 1300. The number of piperidine rings is 1. The lowest BCUT2D eigenvalue weighted by atomic mass is 10.0. The van der Waals surface area contributed by atoms with Gasteiger partial charge in [-0.25, -0.2) is 4.98 Å². The Morgan fingerprint density at radius 2 is 2.06 bits per heavy atom. The molecular formula is C23H23N3O4S2. The number of carbonyl (C=O) groups is 2. The van der Waals surface area contributed by atoms with Crippen LogP contribution in [0.25, 0.3) is 20.3 Å². The number of rotatable bonds is 5. The summed E-state index contributed by atoms with van der Waals surface area (Å²) in [6.07, 6.45) is 1.41. The fourth-order valence-electron chi connectivity index (χ4n) is 4.02. The average Bonchev–Trinajstić information content (AvgIpc) is 3.51. The third kappa shape index (κ3) is 4.10. The Kier molecular flexibility index (Phi) is 5.60. The van der Waals surface area contributed by atoms with Crippen molar-refractivity contribution in [3.63, 3.8) is 0 Å². The molecule has 1 aromatic carbocycles. The molecule has 9 heteroatoms. The minimum atomic E-state index is -0.209. The Labute approximate surface area is 193 Å². The second-order valence-corrected chi connectivity index (χ2v) is 10.1. The van der Waals surface area contributed by atoms with Crippen LogP contribution < -0.4 is 10.1 Å². The van der Waals surface area contributed by atoms with E-state index in [0.29, 0.717) is 37.5 Å². The topological polar surface area (TPSA) is 84.7 Å². The van der Waals surface area contributed by atoms with Crippen LogP contribution in [0.3, 0.4) is 0 Å². The van der Waals surface area contributed by atoms with Crippen molar-refractivity contribution in [3.8, 4) is 5.75 Å². The molecule has 1 N–H and O–H groups in total. The van der Waals surface area contributed by atoms with Crippen LogP contribution in [-0.2, 0) is 4.79 Å². The first-order valence-electron chi connectivity index (χ1n) is 10.5. The summed E-state index contributed by atoms with van der Waals surface area (Å²) < 4.78 is 13.5. The smallest absolute Gasteiger partial charge is 0.287 e. The van der Waals surface area contributed by atoms with Crippen LogP contribution in [0.5, 0.6) is 5.75 Å². The lowest BCUT2D eigenvalue weighted by molar-refractivity contribution is -0.134. The SMILES string of the molecule is Cc1ccc(C(=O)NC2CCN(C(=O)COc3cc4sc(C)nc4c4sccc34)CC2)o1. The van der Waals surface area contributed by atoms with Gasteiger partial charge in [0.25, 0.3) is 11.8 Å². The van der Waals surface area contributed by atoms with Crippen molar-refractivity contribution in [2.24, 2.45) is 0 Å². The maximum atomic E-state index is 12.8. The van der Waals surface area contributed by atoms with Gasteiger partial charge in [0, 0.05) is 30.6 Å². The van der Waals surface area contributed by atoms with Gasteiger partial charge in [-0.3, -0.25) is 9.59 Å². The van der Waals surface area contributed by atoms with Crippen LogP contribution in [0.4, 0.5) is 0 Å². The van der Waals surface area contributed by atoms with Crippen LogP contribution >= 0.6 is 22.7 Å². The molecule has 4 aromatic rings. The molecule has 0 atom stereocenters. The maximum absolute atomic E-state index is 12.8. The third-order valence-electron chi connectivity index (χ3n) is 5.67. The second-order valence-electron chi connectivity index (χ2n) is 7.95. The maximum Gasteiger partial charge on any atom is 0.287 e. The molecule has 7 nitrogen and oxygen atoms in total. The summed E-state index contributed by atoms with van der Waals surface area (Å²) in [5.41, 5.74) is 1.00. The predicted octanol–water partition coefficient (Wildman–Crippen LogP) is 4.52. The highest BCUT2D eigenvalue weighted by molar-refractivity contribution is 7.21. The van der Waals surface area contributed by atoms with E-state index in [0.717, 1.165) is 31.1 Å². The van der Waals surface area contributed by atoms with Gasteiger partial charge in [0.2, 0.25) is 0 Å². The number of thiophene rings is 1. The van der Waals surface area contributed by atoms with Crippen molar-refractivity contribution >= 4 is 54.8 Å². The molecule has 32 heavy (non-hydrogen) atoms. The van der Waals surface area contributed by atoms with Crippen LogP contribution in [0, 0.1) is 13.8 Å². The number of nitrogens with one attached hydrogen (secondary N) is 1. The third-order valence-corrected chi connectivity index (χ3v) is 7.51. The van der Waals surface area contributed by atoms with Crippen molar-refractivity contribution in [1.29, 1.82) is 0 Å². The Hall–Kier alpha value is -2.91. The molecule has 1 saturated heterocycles. The fraction of sp³-hybridized carbons (Fsp3) is 0.348. The number of nitrogens with zero attached hydrogens (tertiary/aromatic N) is 2. The summed E-state index contributed by atoms with van der Waals surface area (Å²) in [6, 6.07) is 7.48. The summed E-state index contributed by atoms with van der Waals surface area (Å²) in [5.74, 6) is 1.50. The summed E-state index contributed by atoms with van der Waals surface area (Å²) in [4.78, 5) is 31.5. The lowest BCUT2D eigenvalue weighted by Gasteiger charge is -2.32. The van der Waals surface area contributed by atoms with E-state index in [1.165, 1.54) is 0 Å². The molecule has 2 amide bonds. The zero-order chi connectivity index (χ0) is 22.2. The number of likely N-dealkylation sites (tertiary alicyclic amines) is 1. The van der Waals surface area contributed by atoms with E-state index in [4.69, 9.17) is 9.15 Å². The van der Waals surface area contributed by atoms with Gasteiger partial charge in [0.05, 0.1) is 19.9 Å². The molecular weight excluding hydrogens is 446 g/mol. The molecule has 166 valence electrons. The van der Waals surface area contributed by atoms with Gasteiger partial charge in [0.1, 0.15) is 11.5 Å². The minimum absolute atomic E-state index is 0.00304. The monoisotopic (exact) mass is 469 g/mol. The molecule has 0 bridgehead atoms. The number of aryl methyl sites for hydroxylation is 2.